The molecule has 0 spiro atoms. The predicted octanol–water partition coefficient (Wildman–Crippen LogP) is 2.25. The van der Waals surface area contributed by atoms with Crippen LogP contribution in [0, 0.1) is 6.92 Å². The van der Waals surface area contributed by atoms with E-state index in [4.69, 9.17) is 14.2 Å². The van der Waals surface area contributed by atoms with E-state index in [1.807, 2.05) is 0 Å². The number of fused-ring (bicyclic) bond motifs is 1. The fourth-order valence-electron chi connectivity index (χ4n) is 3.79. The van der Waals surface area contributed by atoms with Gasteiger partial charge < -0.3 is 28.9 Å². The molecule has 31 heavy (non-hydrogen) atoms. The van der Waals surface area contributed by atoms with Crippen molar-refractivity contribution in [2.24, 2.45) is 0 Å². The molecule has 0 unspecified atom stereocenters. The molecule has 2 aromatic heterocycles. The van der Waals surface area contributed by atoms with E-state index in [2.05, 4.69) is 9.97 Å². The lowest BCUT2D eigenvalue weighted by atomic mass is 9.88. The number of aromatic nitrogens is 3. The van der Waals surface area contributed by atoms with E-state index in [-0.39, 0.29) is 30.1 Å². The number of ether oxygens (including phenoxy) is 3. The van der Waals surface area contributed by atoms with E-state index in [0.29, 0.717) is 35.7 Å². The Morgan fingerprint density at radius 1 is 1.32 bits per heavy atom. The van der Waals surface area contributed by atoms with Crippen LogP contribution in [0.15, 0.2) is 41.6 Å². The number of carbonyl (C=O) groups excluding carboxylic acids is 1. The van der Waals surface area contributed by atoms with E-state index in [1.165, 1.54) is 7.11 Å². The van der Waals surface area contributed by atoms with E-state index in [0.717, 1.165) is 5.69 Å². The molecule has 0 saturated carbocycles. The van der Waals surface area contributed by atoms with Gasteiger partial charge >= 0.3 is 5.97 Å². The van der Waals surface area contributed by atoms with Crippen LogP contribution in [-0.4, -0.2) is 39.5 Å². The molecular formula is C22H23N3O6. The lowest BCUT2D eigenvalue weighted by Gasteiger charge is -2.20. The van der Waals surface area contributed by atoms with Gasteiger partial charge in [0.15, 0.2) is 11.5 Å². The molecule has 2 N–H and O–H groups in total. The number of nitrogens with one attached hydrogen (secondary N) is 1. The molecule has 1 aromatic carbocycles. The number of nitrogens with zero attached hydrogens (tertiary/aromatic N) is 2. The van der Waals surface area contributed by atoms with Gasteiger partial charge in [-0.15, -0.1) is 0 Å². The van der Waals surface area contributed by atoms with Crippen molar-refractivity contribution in [3.63, 3.8) is 0 Å². The topological polar surface area (TPSA) is 116 Å². The number of rotatable bonds is 7. The first-order chi connectivity index (χ1) is 15.0. The third-order valence-electron chi connectivity index (χ3n) is 5.43. The summed E-state index contributed by atoms with van der Waals surface area (Å²) in [4.78, 5) is 32.6. The van der Waals surface area contributed by atoms with Gasteiger partial charge in [0.05, 0.1) is 25.4 Å². The number of H-pyrrole nitrogens is 1. The second-order valence-corrected chi connectivity index (χ2v) is 7.31. The van der Waals surface area contributed by atoms with Crippen LogP contribution in [0.5, 0.6) is 17.2 Å². The molecular weight excluding hydrogens is 402 g/mol. The number of aromatic amines is 1. The fraction of sp³-hybridized carbons (Fsp3) is 0.318. The molecule has 3 heterocycles. The maximum absolute atomic E-state index is 13.5. The zero-order valence-corrected chi connectivity index (χ0v) is 17.3. The average molecular weight is 425 g/mol. The van der Waals surface area contributed by atoms with Crippen molar-refractivity contribution in [3.05, 3.63) is 69.7 Å². The number of aromatic hydroxyl groups is 1. The first kappa shape index (κ1) is 20.5. The Balaban J connectivity index is 1.77. The Labute approximate surface area is 178 Å². The van der Waals surface area contributed by atoms with Crippen LogP contribution in [0.3, 0.4) is 0 Å². The molecule has 1 aliphatic heterocycles. The summed E-state index contributed by atoms with van der Waals surface area (Å²) >= 11 is 0. The SMILES string of the molecule is COC(=O)C[C@@H](c1ccc2c(c1)OCO2)c1c(O)cc(C)n(CCc2cnc[nH]2)c1=O. The first-order valence-corrected chi connectivity index (χ1v) is 9.85. The number of hydrogen-bond donors (Lipinski definition) is 2. The Hall–Kier alpha value is -3.75. The van der Waals surface area contributed by atoms with Gasteiger partial charge in [-0.05, 0) is 30.7 Å². The van der Waals surface area contributed by atoms with Crippen LogP contribution in [-0.2, 0) is 22.5 Å². The normalized spacial score (nSPS) is 13.2. The van der Waals surface area contributed by atoms with Gasteiger partial charge in [-0.2, -0.15) is 0 Å². The monoisotopic (exact) mass is 425 g/mol. The fourth-order valence-corrected chi connectivity index (χ4v) is 3.79. The van der Waals surface area contributed by atoms with Gasteiger partial charge in [-0.3, -0.25) is 9.59 Å². The van der Waals surface area contributed by atoms with Crippen LogP contribution in [0.2, 0.25) is 0 Å². The molecule has 0 saturated heterocycles. The molecule has 0 bridgehead atoms. The number of hydrogen-bond acceptors (Lipinski definition) is 7. The van der Waals surface area contributed by atoms with Crippen molar-refractivity contribution in [2.45, 2.75) is 32.2 Å². The number of benzene rings is 1. The Bertz CT molecular complexity index is 1150. The zero-order valence-electron chi connectivity index (χ0n) is 17.3. The lowest BCUT2D eigenvalue weighted by molar-refractivity contribution is -0.140. The minimum absolute atomic E-state index is 0.108. The lowest BCUT2D eigenvalue weighted by Crippen LogP contribution is -2.29. The van der Waals surface area contributed by atoms with Crippen molar-refractivity contribution in [2.75, 3.05) is 13.9 Å². The zero-order chi connectivity index (χ0) is 22.0. The molecule has 1 aliphatic rings. The molecule has 0 amide bonds. The molecule has 162 valence electrons. The number of methoxy groups -OCH3 is 1. The maximum atomic E-state index is 13.5. The van der Waals surface area contributed by atoms with E-state index < -0.39 is 11.9 Å². The summed E-state index contributed by atoms with van der Waals surface area (Å²) in [6, 6.07) is 6.75. The van der Waals surface area contributed by atoms with E-state index in [9.17, 15) is 14.7 Å². The third-order valence-corrected chi connectivity index (χ3v) is 5.43. The maximum Gasteiger partial charge on any atom is 0.306 e. The highest BCUT2D eigenvalue weighted by molar-refractivity contribution is 5.71. The summed E-state index contributed by atoms with van der Waals surface area (Å²) < 4.78 is 17.2. The van der Waals surface area contributed by atoms with Crippen LogP contribution in [0.1, 0.15) is 34.9 Å². The van der Waals surface area contributed by atoms with Crippen molar-refractivity contribution < 1.29 is 24.1 Å². The van der Waals surface area contributed by atoms with E-state index >= 15 is 0 Å². The quantitative estimate of drug-likeness (QED) is 0.558. The second kappa shape index (κ2) is 8.55. The third kappa shape index (κ3) is 4.11. The molecule has 1 atom stereocenters. The minimum Gasteiger partial charge on any atom is -0.507 e. The summed E-state index contributed by atoms with van der Waals surface area (Å²) in [6.07, 6.45) is 3.74. The Morgan fingerprint density at radius 2 is 2.13 bits per heavy atom. The number of imidazole rings is 1. The minimum atomic E-state index is -0.714. The summed E-state index contributed by atoms with van der Waals surface area (Å²) in [5, 5.41) is 10.7. The Morgan fingerprint density at radius 3 is 2.87 bits per heavy atom. The van der Waals surface area contributed by atoms with Crippen LogP contribution >= 0.6 is 0 Å². The molecule has 9 nitrogen and oxygen atoms in total. The van der Waals surface area contributed by atoms with Crippen molar-refractivity contribution in [3.8, 4) is 17.2 Å². The molecule has 9 heteroatoms. The summed E-state index contributed by atoms with van der Waals surface area (Å²) in [5.74, 6) is -0.254. The largest absolute Gasteiger partial charge is 0.507 e. The number of pyridine rings is 1. The van der Waals surface area contributed by atoms with Gasteiger partial charge in [0, 0.05) is 36.5 Å². The summed E-state index contributed by atoms with van der Waals surface area (Å²) in [5.41, 5.74) is 1.94. The van der Waals surface area contributed by atoms with Crippen molar-refractivity contribution >= 4 is 5.97 Å². The van der Waals surface area contributed by atoms with Crippen LogP contribution in [0.25, 0.3) is 0 Å². The number of aryl methyl sites for hydroxylation is 2. The van der Waals surface area contributed by atoms with Crippen molar-refractivity contribution in [1.82, 2.24) is 14.5 Å². The standard InChI is InChI=1S/C22H23N3O6/c1-13-7-17(26)21(22(28)25(13)6-5-15-10-23-11-24-15)16(9-20(27)29-2)14-3-4-18-19(8-14)31-12-30-18/h3-4,7-8,10-11,16,26H,5-6,9,12H2,1-2H3,(H,23,24)/t16-/m0/s1. The highest BCUT2D eigenvalue weighted by Gasteiger charge is 2.28. The number of esters is 1. The number of carbonyl (C=O) groups is 1. The second-order valence-electron chi connectivity index (χ2n) is 7.31. The smallest absolute Gasteiger partial charge is 0.306 e. The van der Waals surface area contributed by atoms with Gasteiger partial charge in [0.2, 0.25) is 6.79 Å². The van der Waals surface area contributed by atoms with Gasteiger partial charge in [-0.25, -0.2) is 4.98 Å². The predicted molar refractivity (Wildman–Crippen MR) is 110 cm³/mol. The summed E-state index contributed by atoms with van der Waals surface area (Å²) in [7, 11) is 1.29. The van der Waals surface area contributed by atoms with Crippen LogP contribution in [0.4, 0.5) is 0 Å². The highest BCUT2D eigenvalue weighted by atomic mass is 16.7. The average Bonchev–Trinajstić information content (AvgIpc) is 3.43. The van der Waals surface area contributed by atoms with Crippen molar-refractivity contribution in [1.29, 1.82) is 0 Å². The van der Waals surface area contributed by atoms with Gasteiger partial charge in [-0.1, -0.05) is 6.07 Å². The van der Waals surface area contributed by atoms with Gasteiger partial charge in [0.25, 0.3) is 5.56 Å². The highest BCUT2D eigenvalue weighted by Crippen LogP contribution is 2.39. The van der Waals surface area contributed by atoms with Crippen LogP contribution < -0.4 is 15.0 Å². The first-order valence-electron chi connectivity index (χ1n) is 9.85. The molecule has 0 aliphatic carbocycles. The molecule has 0 radical (unpaired) electrons. The Kier molecular flexibility index (Phi) is 5.66. The summed E-state index contributed by atoms with van der Waals surface area (Å²) in [6.45, 7) is 2.26. The van der Waals surface area contributed by atoms with E-state index in [1.54, 1.807) is 48.3 Å². The molecule has 4 rings (SSSR count). The molecule has 0 fully saturated rings. The molecule has 3 aromatic rings. The van der Waals surface area contributed by atoms with Gasteiger partial charge in [0.1, 0.15) is 5.75 Å².